The number of nitrogens with two attached hydrogens (primary N) is 1. The first-order valence-corrected chi connectivity index (χ1v) is 6.82. The fourth-order valence-corrected chi connectivity index (χ4v) is 2.70. The van der Waals surface area contributed by atoms with Crippen molar-refractivity contribution >= 4 is 0 Å². The molecule has 0 aromatic rings. The Morgan fingerprint density at radius 2 is 2.00 bits per heavy atom. The van der Waals surface area contributed by atoms with Crippen LogP contribution in [0.25, 0.3) is 0 Å². The normalized spacial score (nSPS) is 19.9. The van der Waals surface area contributed by atoms with Crippen molar-refractivity contribution in [3.8, 4) is 0 Å². The molecule has 0 aromatic heterocycles. The van der Waals surface area contributed by atoms with Crippen molar-refractivity contribution in [1.29, 1.82) is 0 Å². The maximum absolute atomic E-state index is 5.58. The number of hydrazine groups is 1. The maximum Gasteiger partial charge on any atom is 0.0462 e. The molecule has 1 fully saturated rings. The van der Waals surface area contributed by atoms with Gasteiger partial charge >= 0.3 is 0 Å². The Kier molecular flexibility index (Phi) is 7.81. The third-order valence-electron chi connectivity index (χ3n) is 3.78. The summed E-state index contributed by atoms with van der Waals surface area (Å²) in [7, 11) is 1.76. The fraction of sp³-hybridized carbons (Fsp3) is 1.00. The van der Waals surface area contributed by atoms with Crippen LogP contribution < -0.4 is 11.3 Å². The zero-order chi connectivity index (χ0) is 11.6. The van der Waals surface area contributed by atoms with E-state index in [2.05, 4.69) is 5.43 Å². The van der Waals surface area contributed by atoms with E-state index in [4.69, 9.17) is 10.6 Å². The van der Waals surface area contributed by atoms with Gasteiger partial charge in [0.1, 0.15) is 0 Å². The minimum atomic E-state index is 0.483. The first-order chi connectivity index (χ1) is 7.86. The third kappa shape index (κ3) is 5.83. The van der Waals surface area contributed by atoms with Crippen molar-refractivity contribution in [2.45, 2.75) is 63.8 Å². The highest BCUT2D eigenvalue weighted by molar-refractivity contribution is 4.70. The van der Waals surface area contributed by atoms with Crippen LogP contribution in [0, 0.1) is 5.92 Å². The highest BCUT2D eigenvalue weighted by Crippen LogP contribution is 2.28. The Hall–Kier alpha value is -0.120. The van der Waals surface area contributed by atoms with E-state index in [1.54, 1.807) is 7.11 Å². The van der Waals surface area contributed by atoms with Crippen LogP contribution in [0.3, 0.4) is 0 Å². The highest BCUT2D eigenvalue weighted by Gasteiger charge is 2.15. The second-order valence-corrected chi connectivity index (χ2v) is 5.08. The van der Waals surface area contributed by atoms with Gasteiger partial charge in [-0.1, -0.05) is 32.1 Å². The lowest BCUT2D eigenvalue weighted by Gasteiger charge is -2.24. The van der Waals surface area contributed by atoms with Gasteiger partial charge in [-0.3, -0.25) is 11.3 Å². The molecule has 0 aliphatic heterocycles. The van der Waals surface area contributed by atoms with Gasteiger partial charge in [-0.25, -0.2) is 0 Å². The molecular formula is C13H28N2O. The summed E-state index contributed by atoms with van der Waals surface area (Å²) in [4.78, 5) is 0. The zero-order valence-electron chi connectivity index (χ0n) is 10.7. The maximum atomic E-state index is 5.58. The summed E-state index contributed by atoms with van der Waals surface area (Å²) in [6.07, 6.45) is 12.0. The van der Waals surface area contributed by atoms with Gasteiger partial charge in [0.15, 0.2) is 0 Å². The number of hydrogen-bond acceptors (Lipinski definition) is 3. The van der Waals surface area contributed by atoms with Crippen LogP contribution >= 0.6 is 0 Å². The average molecular weight is 228 g/mol. The van der Waals surface area contributed by atoms with Crippen LogP contribution in [0.2, 0.25) is 0 Å². The van der Waals surface area contributed by atoms with Crippen molar-refractivity contribution in [3.63, 3.8) is 0 Å². The highest BCUT2D eigenvalue weighted by atomic mass is 16.5. The molecule has 0 spiro atoms. The van der Waals surface area contributed by atoms with Crippen LogP contribution in [0.1, 0.15) is 57.8 Å². The quantitative estimate of drug-likeness (QED) is 0.381. The molecule has 0 amide bonds. The monoisotopic (exact) mass is 228 g/mol. The van der Waals surface area contributed by atoms with Crippen LogP contribution in [-0.4, -0.2) is 19.8 Å². The van der Waals surface area contributed by atoms with Crippen molar-refractivity contribution in [2.75, 3.05) is 13.7 Å². The molecule has 1 saturated carbocycles. The molecule has 3 nitrogen and oxygen atoms in total. The standard InChI is InChI=1S/C13H28N2O/c1-16-11-5-8-13(15-14)10-9-12-6-3-2-4-7-12/h12-13,15H,2-11,14H2,1H3. The molecule has 1 unspecified atom stereocenters. The van der Waals surface area contributed by atoms with E-state index in [9.17, 15) is 0 Å². The van der Waals surface area contributed by atoms with Gasteiger partial charge in [0, 0.05) is 19.8 Å². The molecule has 0 aromatic carbocycles. The van der Waals surface area contributed by atoms with E-state index >= 15 is 0 Å². The van der Waals surface area contributed by atoms with Crippen molar-refractivity contribution in [3.05, 3.63) is 0 Å². The van der Waals surface area contributed by atoms with Crippen LogP contribution in [0.4, 0.5) is 0 Å². The molecule has 3 heteroatoms. The number of hydrogen-bond donors (Lipinski definition) is 2. The Morgan fingerprint density at radius 3 is 2.62 bits per heavy atom. The van der Waals surface area contributed by atoms with E-state index in [0.29, 0.717) is 6.04 Å². The lowest BCUT2D eigenvalue weighted by molar-refractivity contribution is 0.187. The van der Waals surface area contributed by atoms with Crippen molar-refractivity contribution in [2.24, 2.45) is 11.8 Å². The third-order valence-corrected chi connectivity index (χ3v) is 3.78. The van der Waals surface area contributed by atoms with Crippen LogP contribution in [0.15, 0.2) is 0 Å². The first-order valence-electron chi connectivity index (χ1n) is 6.82. The Morgan fingerprint density at radius 1 is 1.25 bits per heavy atom. The Bertz CT molecular complexity index is 158. The molecule has 3 N–H and O–H groups in total. The summed E-state index contributed by atoms with van der Waals surface area (Å²) >= 11 is 0. The largest absolute Gasteiger partial charge is 0.385 e. The molecule has 96 valence electrons. The molecule has 16 heavy (non-hydrogen) atoms. The SMILES string of the molecule is COCCCC(CCC1CCCCC1)NN. The van der Waals surface area contributed by atoms with Gasteiger partial charge in [0.05, 0.1) is 0 Å². The molecule has 1 atom stereocenters. The summed E-state index contributed by atoms with van der Waals surface area (Å²) in [6, 6.07) is 0.483. The van der Waals surface area contributed by atoms with Gasteiger partial charge in [-0.05, 0) is 31.6 Å². The second kappa shape index (κ2) is 8.97. The van der Waals surface area contributed by atoms with Crippen molar-refractivity contribution < 1.29 is 4.74 Å². The van der Waals surface area contributed by atoms with Crippen molar-refractivity contribution in [1.82, 2.24) is 5.43 Å². The molecule has 0 saturated heterocycles. The van der Waals surface area contributed by atoms with E-state index in [1.807, 2.05) is 0 Å². The average Bonchev–Trinajstić information content (AvgIpc) is 2.35. The second-order valence-electron chi connectivity index (χ2n) is 5.08. The lowest BCUT2D eigenvalue weighted by Crippen LogP contribution is -2.35. The molecule has 0 heterocycles. The summed E-state index contributed by atoms with van der Waals surface area (Å²) < 4.78 is 5.06. The van der Waals surface area contributed by atoms with E-state index in [1.165, 1.54) is 44.9 Å². The van der Waals surface area contributed by atoms with E-state index in [0.717, 1.165) is 25.4 Å². The first kappa shape index (κ1) is 13.9. The van der Waals surface area contributed by atoms with Crippen LogP contribution in [0.5, 0.6) is 0 Å². The molecule has 0 radical (unpaired) electrons. The molecule has 1 rings (SSSR count). The summed E-state index contributed by atoms with van der Waals surface area (Å²) in [5.74, 6) is 6.54. The molecule has 1 aliphatic rings. The Labute approximate surface area is 100 Å². The Balaban J connectivity index is 2.07. The smallest absolute Gasteiger partial charge is 0.0462 e. The topological polar surface area (TPSA) is 47.3 Å². The van der Waals surface area contributed by atoms with Gasteiger partial charge in [0.25, 0.3) is 0 Å². The zero-order valence-corrected chi connectivity index (χ0v) is 10.7. The summed E-state index contributed by atoms with van der Waals surface area (Å²) in [5, 5.41) is 0. The fourth-order valence-electron chi connectivity index (χ4n) is 2.70. The van der Waals surface area contributed by atoms with Gasteiger partial charge < -0.3 is 4.74 Å². The predicted molar refractivity (Wildman–Crippen MR) is 68.0 cm³/mol. The number of rotatable bonds is 8. The molecule has 1 aliphatic carbocycles. The molecular weight excluding hydrogens is 200 g/mol. The van der Waals surface area contributed by atoms with Gasteiger partial charge in [-0.15, -0.1) is 0 Å². The van der Waals surface area contributed by atoms with E-state index < -0.39 is 0 Å². The number of nitrogens with one attached hydrogen (secondary N) is 1. The lowest BCUT2D eigenvalue weighted by atomic mass is 9.85. The number of ether oxygens (including phenoxy) is 1. The summed E-state index contributed by atoms with van der Waals surface area (Å²) in [5.41, 5.74) is 2.94. The summed E-state index contributed by atoms with van der Waals surface area (Å²) in [6.45, 7) is 0.849. The van der Waals surface area contributed by atoms with Crippen LogP contribution in [-0.2, 0) is 4.74 Å². The predicted octanol–water partition coefficient (Wildman–Crippen LogP) is 2.61. The number of methoxy groups -OCH3 is 1. The van der Waals surface area contributed by atoms with Gasteiger partial charge in [-0.2, -0.15) is 0 Å². The van der Waals surface area contributed by atoms with Gasteiger partial charge in [0.2, 0.25) is 0 Å². The van der Waals surface area contributed by atoms with E-state index in [-0.39, 0.29) is 0 Å². The molecule has 0 bridgehead atoms. The minimum absolute atomic E-state index is 0.483. The minimum Gasteiger partial charge on any atom is -0.385 e.